The van der Waals surface area contributed by atoms with E-state index in [4.69, 9.17) is 32.7 Å². The van der Waals surface area contributed by atoms with Crippen molar-refractivity contribution in [1.82, 2.24) is 0 Å². The van der Waals surface area contributed by atoms with Gasteiger partial charge in [-0.2, -0.15) is 0 Å². The zero-order valence-electron chi connectivity index (χ0n) is 17.2. The number of rotatable bonds is 8. The van der Waals surface area contributed by atoms with Crippen LogP contribution in [0.1, 0.15) is 17.3 Å². The fourth-order valence-corrected chi connectivity index (χ4v) is 4.44. The van der Waals surface area contributed by atoms with Crippen molar-refractivity contribution >= 4 is 50.5 Å². The average Bonchev–Trinajstić information content (AvgIpc) is 2.75. The second-order valence-corrected chi connectivity index (χ2v) is 9.00. The largest absolute Gasteiger partial charge is 0.495 e. The zero-order valence-corrected chi connectivity index (χ0v) is 19.5. The standard InChI is InChI=1S/C22H20Cl2N2O5S/c1-3-31-21-7-5-4-6-18(21)26-32(28,29)15-9-11-20(30-2)19(13-15)25-22(27)16-10-8-14(23)12-17(16)24/h4-13,26H,3H2,1-2H3,(H,25,27). The number of halogens is 2. The molecule has 0 bridgehead atoms. The number of sulfonamides is 1. The summed E-state index contributed by atoms with van der Waals surface area (Å²) in [6.07, 6.45) is 0. The molecule has 0 radical (unpaired) electrons. The van der Waals surface area contributed by atoms with Gasteiger partial charge in [0.05, 0.1) is 40.6 Å². The summed E-state index contributed by atoms with van der Waals surface area (Å²) in [6, 6.07) is 15.2. The number of ether oxygens (including phenoxy) is 2. The van der Waals surface area contributed by atoms with Gasteiger partial charge in [-0.1, -0.05) is 35.3 Å². The lowest BCUT2D eigenvalue weighted by Crippen LogP contribution is -2.16. The van der Waals surface area contributed by atoms with Gasteiger partial charge < -0.3 is 14.8 Å². The highest BCUT2D eigenvalue weighted by molar-refractivity contribution is 7.92. The summed E-state index contributed by atoms with van der Waals surface area (Å²) in [5.41, 5.74) is 0.628. The van der Waals surface area contributed by atoms with E-state index >= 15 is 0 Å². The maximum absolute atomic E-state index is 13.0. The molecule has 0 aliphatic carbocycles. The Kier molecular flexibility index (Phi) is 7.50. The van der Waals surface area contributed by atoms with E-state index in [9.17, 15) is 13.2 Å². The van der Waals surface area contributed by atoms with Crippen molar-refractivity contribution in [2.75, 3.05) is 23.8 Å². The summed E-state index contributed by atoms with van der Waals surface area (Å²) in [6.45, 7) is 2.18. The van der Waals surface area contributed by atoms with Crippen molar-refractivity contribution in [3.63, 3.8) is 0 Å². The van der Waals surface area contributed by atoms with Crippen molar-refractivity contribution < 1.29 is 22.7 Å². The Morgan fingerprint density at radius 3 is 2.41 bits per heavy atom. The smallest absolute Gasteiger partial charge is 0.262 e. The van der Waals surface area contributed by atoms with Crippen LogP contribution >= 0.6 is 23.2 Å². The Hall–Kier alpha value is -2.94. The van der Waals surface area contributed by atoms with Crippen LogP contribution in [0, 0.1) is 0 Å². The number of nitrogens with one attached hydrogen (secondary N) is 2. The molecule has 1 amide bonds. The van der Waals surface area contributed by atoms with Crippen LogP contribution in [-0.2, 0) is 10.0 Å². The summed E-state index contributed by atoms with van der Waals surface area (Å²) in [5, 5.41) is 3.18. The Bertz CT molecular complexity index is 1250. The molecule has 3 aromatic rings. The van der Waals surface area contributed by atoms with E-state index in [-0.39, 0.29) is 26.9 Å². The minimum absolute atomic E-state index is 0.0814. The molecule has 10 heteroatoms. The minimum Gasteiger partial charge on any atom is -0.495 e. The van der Waals surface area contributed by atoms with Gasteiger partial charge in [0.1, 0.15) is 11.5 Å². The number of hydrogen-bond acceptors (Lipinski definition) is 5. The van der Waals surface area contributed by atoms with Gasteiger partial charge in [-0.3, -0.25) is 9.52 Å². The Morgan fingerprint density at radius 1 is 0.969 bits per heavy atom. The van der Waals surface area contributed by atoms with E-state index in [2.05, 4.69) is 10.0 Å². The van der Waals surface area contributed by atoms with E-state index < -0.39 is 15.9 Å². The van der Waals surface area contributed by atoms with Crippen LogP contribution < -0.4 is 19.5 Å². The van der Waals surface area contributed by atoms with E-state index in [0.717, 1.165) is 0 Å². The van der Waals surface area contributed by atoms with Gasteiger partial charge in [-0.25, -0.2) is 8.42 Å². The van der Waals surface area contributed by atoms with Gasteiger partial charge in [-0.05, 0) is 55.5 Å². The second kappa shape index (κ2) is 10.1. The van der Waals surface area contributed by atoms with Gasteiger partial charge in [0.15, 0.2) is 0 Å². The van der Waals surface area contributed by atoms with Crippen molar-refractivity contribution in [3.05, 3.63) is 76.3 Å². The molecule has 0 aliphatic heterocycles. The molecule has 32 heavy (non-hydrogen) atoms. The first-order chi connectivity index (χ1) is 15.2. The number of amides is 1. The molecule has 0 atom stereocenters. The molecule has 0 saturated heterocycles. The Morgan fingerprint density at radius 2 is 1.72 bits per heavy atom. The van der Waals surface area contributed by atoms with Crippen LogP contribution in [-0.4, -0.2) is 28.0 Å². The third kappa shape index (κ3) is 5.45. The average molecular weight is 495 g/mol. The van der Waals surface area contributed by atoms with Crippen molar-refractivity contribution in [3.8, 4) is 11.5 Å². The molecule has 0 spiro atoms. The van der Waals surface area contributed by atoms with E-state index in [1.54, 1.807) is 31.2 Å². The fourth-order valence-electron chi connectivity index (χ4n) is 2.85. The maximum atomic E-state index is 13.0. The van der Waals surface area contributed by atoms with Gasteiger partial charge in [0, 0.05) is 5.02 Å². The van der Waals surface area contributed by atoms with E-state index in [1.165, 1.54) is 43.5 Å². The molecular weight excluding hydrogens is 475 g/mol. The van der Waals surface area contributed by atoms with Gasteiger partial charge >= 0.3 is 0 Å². The molecule has 168 valence electrons. The number of benzene rings is 3. The molecule has 0 unspecified atom stereocenters. The molecular formula is C22H20Cl2N2O5S. The first-order valence-electron chi connectivity index (χ1n) is 9.44. The second-order valence-electron chi connectivity index (χ2n) is 6.48. The lowest BCUT2D eigenvalue weighted by molar-refractivity contribution is 0.102. The Balaban J connectivity index is 1.92. The van der Waals surface area contributed by atoms with E-state index in [0.29, 0.717) is 23.1 Å². The van der Waals surface area contributed by atoms with Crippen LogP contribution in [0.15, 0.2) is 65.6 Å². The number of carbonyl (C=O) groups is 1. The fraction of sp³-hybridized carbons (Fsp3) is 0.136. The third-order valence-electron chi connectivity index (χ3n) is 4.34. The predicted molar refractivity (Wildman–Crippen MR) is 126 cm³/mol. The van der Waals surface area contributed by atoms with Gasteiger partial charge in [0.25, 0.3) is 15.9 Å². The van der Waals surface area contributed by atoms with Gasteiger partial charge in [0.2, 0.25) is 0 Å². The molecule has 0 heterocycles. The number of anilines is 2. The van der Waals surface area contributed by atoms with Gasteiger partial charge in [-0.15, -0.1) is 0 Å². The highest BCUT2D eigenvalue weighted by atomic mass is 35.5. The first kappa shape index (κ1) is 23.7. The Labute approximate surface area is 196 Å². The monoisotopic (exact) mass is 494 g/mol. The van der Waals surface area contributed by atoms with Crippen molar-refractivity contribution in [2.24, 2.45) is 0 Å². The van der Waals surface area contributed by atoms with E-state index in [1.807, 2.05) is 0 Å². The topological polar surface area (TPSA) is 93.7 Å². The summed E-state index contributed by atoms with van der Waals surface area (Å²) < 4.78 is 39.3. The van der Waals surface area contributed by atoms with Crippen LogP contribution in [0.25, 0.3) is 0 Å². The van der Waals surface area contributed by atoms with Crippen molar-refractivity contribution in [2.45, 2.75) is 11.8 Å². The molecule has 0 saturated carbocycles. The van der Waals surface area contributed by atoms with Crippen LogP contribution in [0.5, 0.6) is 11.5 Å². The lowest BCUT2D eigenvalue weighted by Gasteiger charge is -2.15. The molecule has 0 aliphatic rings. The number of hydrogen-bond donors (Lipinski definition) is 2. The summed E-state index contributed by atoms with van der Waals surface area (Å²) in [7, 11) is -2.59. The molecule has 0 fully saturated rings. The highest BCUT2D eigenvalue weighted by Gasteiger charge is 2.20. The molecule has 3 rings (SSSR count). The predicted octanol–water partition coefficient (Wildman–Crippen LogP) is 5.45. The third-order valence-corrected chi connectivity index (χ3v) is 6.25. The van der Waals surface area contributed by atoms with Crippen LogP contribution in [0.4, 0.5) is 11.4 Å². The summed E-state index contributed by atoms with van der Waals surface area (Å²) >= 11 is 12.0. The maximum Gasteiger partial charge on any atom is 0.262 e. The lowest BCUT2D eigenvalue weighted by atomic mass is 10.2. The SMILES string of the molecule is CCOc1ccccc1NS(=O)(=O)c1ccc(OC)c(NC(=O)c2ccc(Cl)cc2Cl)c1. The highest BCUT2D eigenvalue weighted by Crippen LogP contribution is 2.31. The number of para-hydroxylation sites is 2. The van der Waals surface area contributed by atoms with Crippen LogP contribution in [0.3, 0.4) is 0 Å². The first-order valence-corrected chi connectivity index (χ1v) is 11.7. The molecule has 7 nitrogen and oxygen atoms in total. The molecule has 0 aromatic heterocycles. The number of methoxy groups -OCH3 is 1. The summed E-state index contributed by atoms with van der Waals surface area (Å²) in [4.78, 5) is 12.6. The van der Waals surface area contributed by atoms with Crippen molar-refractivity contribution in [1.29, 1.82) is 0 Å². The molecule has 3 aromatic carbocycles. The number of carbonyl (C=O) groups excluding carboxylic acids is 1. The zero-order chi connectivity index (χ0) is 23.3. The molecule has 2 N–H and O–H groups in total. The quantitative estimate of drug-likeness (QED) is 0.433. The summed E-state index contributed by atoms with van der Waals surface area (Å²) in [5.74, 6) is 0.129. The normalized spacial score (nSPS) is 11.0. The van der Waals surface area contributed by atoms with Crippen LogP contribution in [0.2, 0.25) is 10.0 Å². The minimum atomic E-state index is -4.00.